The molecule has 0 saturated heterocycles. The number of carboxylic acid groups (broad SMARTS) is 1. The highest BCUT2D eigenvalue weighted by Gasteiger charge is 2.48. The molecule has 1 fully saturated rings. The highest BCUT2D eigenvalue weighted by Crippen LogP contribution is 2.39. The number of halogens is 3. The van der Waals surface area contributed by atoms with Crippen molar-refractivity contribution in [1.29, 1.82) is 0 Å². The first kappa shape index (κ1) is 17.5. The van der Waals surface area contributed by atoms with Gasteiger partial charge in [-0.1, -0.05) is 0 Å². The van der Waals surface area contributed by atoms with Crippen molar-refractivity contribution in [2.75, 3.05) is 19.8 Å². The fraction of sp³-hybridized carbons (Fsp3) is 0.833. The van der Waals surface area contributed by atoms with E-state index in [1.807, 2.05) is 0 Å². The summed E-state index contributed by atoms with van der Waals surface area (Å²) in [7, 11) is 0. The van der Waals surface area contributed by atoms with Crippen LogP contribution in [0.2, 0.25) is 0 Å². The van der Waals surface area contributed by atoms with Crippen molar-refractivity contribution in [3.8, 4) is 0 Å². The number of aliphatic carboxylic acids is 1. The third-order valence-corrected chi connectivity index (χ3v) is 3.23. The largest absolute Gasteiger partial charge is 0.480 e. The highest BCUT2D eigenvalue weighted by molar-refractivity contribution is 5.86. The number of rotatable bonds is 8. The molecule has 1 aliphatic rings. The first-order chi connectivity index (χ1) is 9.65. The van der Waals surface area contributed by atoms with Crippen molar-refractivity contribution >= 4 is 12.0 Å². The van der Waals surface area contributed by atoms with Crippen molar-refractivity contribution in [2.24, 2.45) is 5.92 Å². The molecule has 1 unspecified atom stereocenters. The molecule has 0 aromatic heterocycles. The predicted octanol–water partition coefficient (Wildman–Crippen LogP) is 1.51. The monoisotopic (exact) mass is 312 g/mol. The topological polar surface area (TPSA) is 87.7 Å². The van der Waals surface area contributed by atoms with E-state index in [0.29, 0.717) is 0 Å². The van der Waals surface area contributed by atoms with Gasteiger partial charge in [0, 0.05) is 13.2 Å². The minimum atomic E-state index is -4.36. The zero-order valence-electron chi connectivity index (χ0n) is 11.6. The molecule has 0 bridgehead atoms. The van der Waals surface area contributed by atoms with Gasteiger partial charge in [-0.3, -0.25) is 0 Å². The molecule has 1 saturated carbocycles. The van der Waals surface area contributed by atoms with Crippen molar-refractivity contribution in [3.05, 3.63) is 0 Å². The molecule has 0 radical (unpaired) electrons. The maximum atomic E-state index is 11.8. The average molecular weight is 312 g/mol. The van der Waals surface area contributed by atoms with E-state index in [1.54, 1.807) is 0 Å². The van der Waals surface area contributed by atoms with Gasteiger partial charge in [-0.25, -0.2) is 9.59 Å². The normalized spacial score (nSPS) is 17.9. The molecule has 1 rings (SSSR count). The second-order valence-corrected chi connectivity index (χ2v) is 5.18. The first-order valence-electron chi connectivity index (χ1n) is 6.59. The molecule has 9 heteroatoms. The van der Waals surface area contributed by atoms with Gasteiger partial charge in [-0.15, -0.1) is 0 Å². The van der Waals surface area contributed by atoms with Crippen LogP contribution in [0.25, 0.3) is 0 Å². The number of hydrogen-bond donors (Lipinski definition) is 3. The van der Waals surface area contributed by atoms with Gasteiger partial charge in [0.2, 0.25) is 0 Å². The van der Waals surface area contributed by atoms with Gasteiger partial charge in [-0.05, 0) is 32.1 Å². The summed E-state index contributed by atoms with van der Waals surface area (Å²) in [5.74, 6) is -1.19. The molecule has 0 aromatic carbocycles. The minimum Gasteiger partial charge on any atom is -0.480 e. The Morgan fingerprint density at radius 1 is 1.33 bits per heavy atom. The van der Waals surface area contributed by atoms with Gasteiger partial charge < -0.3 is 20.5 Å². The molecule has 0 aromatic rings. The number of carboxylic acids is 1. The van der Waals surface area contributed by atoms with Crippen LogP contribution in [0.15, 0.2) is 0 Å². The van der Waals surface area contributed by atoms with E-state index in [0.717, 1.165) is 12.8 Å². The number of hydrogen-bond acceptors (Lipinski definition) is 3. The Labute approximate surface area is 120 Å². The van der Waals surface area contributed by atoms with Crippen LogP contribution < -0.4 is 10.6 Å². The Balaban J connectivity index is 2.18. The second kappa shape index (κ2) is 6.97. The molecule has 1 aliphatic carbocycles. The van der Waals surface area contributed by atoms with Crippen LogP contribution in [0.3, 0.4) is 0 Å². The molecular weight excluding hydrogens is 293 g/mol. The lowest BCUT2D eigenvalue weighted by Crippen LogP contribution is -2.56. The number of carbonyl (C=O) groups excluding carboxylic acids is 1. The number of alkyl halides is 3. The molecule has 0 spiro atoms. The van der Waals surface area contributed by atoms with E-state index < -0.39 is 30.3 Å². The van der Waals surface area contributed by atoms with Crippen LogP contribution >= 0.6 is 0 Å². The van der Waals surface area contributed by atoms with Crippen molar-refractivity contribution < 1.29 is 32.6 Å². The van der Waals surface area contributed by atoms with Gasteiger partial charge >= 0.3 is 18.2 Å². The zero-order chi connectivity index (χ0) is 16.1. The van der Waals surface area contributed by atoms with E-state index in [1.165, 1.54) is 6.92 Å². The summed E-state index contributed by atoms with van der Waals surface area (Å²) in [4.78, 5) is 22.8. The summed E-state index contributed by atoms with van der Waals surface area (Å²) in [6.07, 6.45) is -2.67. The van der Waals surface area contributed by atoms with Crippen LogP contribution in [-0.4, -0.2) is 48.6 Å². The number of carbonyl (C=O) groups is 2. The summed E-state index contributed by atoms with van der Waals surface area (Å²) in [6, 6.07) is -0.650. The van der Waals surface area contributed by atoms with Crippen LogP contribution in [0.5, 0.6) is 0 Å². The Morgan fingerprint density at radius 2 is 1.95 bits per heavy atom. The fourth-order valence-electron chi connectivity index (χ4n) is 1.83. The lowest BCUT2D eigenvalue weighted by Gasteiger charge is -2.26. The Bertz CT molecular complexity index is 385. The SMILES string of the molecule is CC(NC(=O)NCCCOCC(F)(F)F)(C(=O)O)C1CC1. The zero-order valence-corrected chi connectivity index (χ0v) is 11.6. The van der Waals surface area contributed by atoms with Gasteiger partial charge in [0.15, 0.2) is 0 Å². The van der Waals surface area contributed by atoms with Gasteiger partial charge in [0.25, 0.3) is 0 Å². The summed E-state index contributed by atoms with van der Waals surface area (Å²) >= 11 is 0. The molecule has 122 valence electrons. The lowest BCUT2D eigenvalue weighted by molar-refractivity contribution is -0.173. The third kappa shape index (κ3) is 6.19. The van der Waals surface area contributed by atoms with Crippen LogP contribution in [0, 0.1) is 5.92 Å². The third-order valence-electron chi connectivity index (χ3n) is 3.23. The molecule has 2 amide bonds. The lowest BCUT2D eigenvalue weighted by atomic mass is 9.96. The van der Waals surface area contributed by atoms with E-state index in [9.17, 15) is 22.8 Å². The van der Waals surface area contributed by atoms with Crippen LogP contribution in [0.4, 0.5) is 18.0 Å². The van der Waals surface area contributed by atoms with Gasteiger partial charge in [0.05, 0.1) is 0 Å². The summed E-state index contributed by atoms with van der Waals surface area (Å²) in [5, 5.41) is 13.9. The molecule has 0 aliphatic heterocycles. The first-order valence-corrected chi connectivity index (χ1v) is 6.59. The Morgan fingerprint density at radius 3 is 2.43 bits per heavy atom. The molecular formula is C12H19F3N2O4. The maximum absolute atomic E-state index is 11.8. The quantitative estimate of drug-likeness (QED) is 0.593. The highest BCUT2D eigenvalue weighted by atomic mass is 19.4. The van der Waals surface area contributed by atoms with E-state index >= 15 is 0 Å². The summed E-state index contributed by atoms with van der Waals surface area (Å²) in [5.41, 5.74) is -1.31. The molecule has 1 atom stereocenters. The number of nitrogens with one attached hydrogen (secondary N) is 2. The van der Waals surface area contributed by atoms with E-state index in [2.05, 4.69) is 15.4 Å². The molecule has 21 heavy (non-hydrogen) atoms. The summed E-state index contributed by atoms with van der Waals surface area (Å²) < 4.78 is 39.7. The average Bonchev–Trinajstić information content (AvgIpc) is 3.16. The number of urea groups is 1. The van der Waals surface area contributed by atoms with Gasteiger partial charge in [0.1, 0.15) is 12.1 Å². The Hall–Kier alpha value is -1.51. The fourth-order valence-corrected chi connectivity index (χ4v) is 1.83. The van der Waals surface area contributed by atoms with Crippen molar-refractivity contribution in [2.45, 2.75) is 37.9 Å². The second-order valence-electron chi connectivity index (χ2n) is 5.18. The maximum Gasteiger partial charge on any atom is 0.411 e. The number of amides is 2. The van der Waals surface area contributed by atoms with Crippen molar-refractivity contribution in [1.82, 2.24) is 10.6 Å². The Kier molecular flexibility index (Phi) is 5.82. The smallest absolute Gasteiger partial charge is 0.411 e. The van der Waals surface area contributed by atoms with Crippen molar-refractivity contribution in [3.63, 3.8) is 0 Å². The summed E-state index contributed by atoms with van der Waals surface area (Å²) in [6.45, 7) is 0.0830. The van der Waals surface area contributed by atoms with Gasteiger partial charge in [-0.2, -0.15) is 13.2 Å². The number of ether oxygens (including phenoxy) is 1. The van der Waals surface area contributed by atoms with E-state index in [4.69, 9.17) is 5.11 Å². The molecule has 0 heterocycles. The van der Waals surface area contributed by atoms with Crippen LogP contribution in [0.1, 0.15) is 26.2 Å². The molecule has 6 nitrogen and oxygen atoms in total. The minimum absolute atomic E-state index is 0.0872. The molecule has 3 N–H and O–H groups in total. The standard InChI is InChI=1S/C12H19F3N2O4/c1-11(9(18)19,8-3-4-8)17-10(20)16-5-2-6-21-7-12(13,14)15/h8H,2-7H2,1H3,(H,18,19)(H2,16,17,20). The van der Waals surface area contributed by atoms with Crippen LogP contribution in [-0.2, 0) is 9.53 Å². The predicted molar refractivity (Wildman–Crippen MR) is 66.8 cm³/mol. The van der Waals surface area contributed by atoms with E-state index in [-0.39, 0.29) is 25.5 Å².